The molecule has 1 heterocycles. The average Bonchev–Trinajstić information content (AvgIpc) is 2.49. The maximum absolute atomic E-state index is 12.7. The monoisotopic (exact) mass is 281 g/mol. The first-order chi connectivity index (χ1) is 9.68. The van der Waals surface area contributed by atoms with Gasteiger partial charge in [-0.05, 0) is 18.6 Å². The number of hydrogen-bond donors (Lipinski definition) is 0. The van der Waals surface area contributed by atoms with Gasteiger partial charge in [0, 0.05) is 16.5 Å². The van der Waals surface area contributed by atoms with Crippen LogP contribution in [0.25, 0.3) is 10.9 Å². The van der Waals surface area contributed by atoms with Gasteiger partial charge in [-0.25, -0.2) is 4.98 Å². The molecule has 2 aromatic carbocycles. The molecule has 3 aromatic rings. The van der Waals surface area contributed by atoms with Crippen molar-refractivity contribution in [3.63, 3.8) is 0 Å². The summed E-state index contributed by atoms with van der Waals surface area (Å²) in [6.45, 7) is 1.83. The predicted molar refractivity (Wildman–Crippen MR) is 81.4 cm³/mol. The first-order valence-corrected chi connectivity index (χ1v) is 6.71. The second-order valence-electron chi connectivity index (χ2n) is 4.61. The van der Waals surface area contributed by atoms with Crippen molar-refractivity contribution in [3.05, 3.63) is 76.4 Å². The quantitative estimate of drug-likeness (QED) is 0.514. The Morgan fingerprint density at radius 2 is 1.65 bits per heavy atom. The van der Waals surface area contributed by atoms with E-state index in [2.05, 4.69) is 4.98 Å². The zero-order chi connectivity index (χ0) is 14.1. The summed E-state index contributed by atoms with van der Waals surface area (Å²) >= 11 is 6.16. The number of para-hydroxylation sites is 1. The van der Waals surface area contributed by atoms with Gasteiger partial charge in [0.15, 0.2) is 5.78 Å². The fourth-order valence-corrected chi connectivity index (χ4v) is 2.49. The molecule has 1 aromatic heterocycles. The molecule has 0 saturated heterocycles. The molecular weight excluding hydrogens is 270 g/mol. The number of ketones is 1. The topological polar surface area (TPSA) is 30.0 Å². The zero-order valence-corrected chi connectivity index (χ0v) is 11.7. The summed E-state index contributed by atoms with van der Waals surface area (Å²) < 4.78 is 0. The molecule has 0 aliphatic heterocycles. The molecule has 0 aliphatic rings. The summed E-state index contributed by atoms with van der Waals surface area (Å²) in [5, 5.41) is 1.21. The molecule has 0 aliphatic carbocycles. The van der Waals surface area contributed by atoms with Gasteiger partial charge in [-0.15, -0.1) is 0 Å². The Kier molecular flexibility index (Phi) is 3.25. The van der Waals surface area contributed by atoms with Gasteiger partial charge < -0.3 is 0 Å². The maximum Gasteiger partial charge on any atom is 0.194 e. The second kappa shape index (κ2) is 5.06. The average molecular weight is 282 g/mol. The number of hydrogen-bond acceptors (Lipinski definition) is 2. The summed E-state index contributed by atoms with van der Waals surface area (Å²) in [5.41, 5.74) is 2.75. The normalized spacial score (nSPS) is 10.7. The number of rotatable bonds is 2. The van der Waals surface area contributed by atoms with Crippen LogP contribution in [0.1, 0.15) is 21.5 Å². The minimum atomic E-state index is -0.0244. The standard InChI is InChI=1S/C17H12ClNO/c1-11-15(16(20)12-7-3-2-4-8-12)13-9-5-6-10-14(13)19-17(11)18/h2-10H,1H3. The van der Waals surface area contributed by atoms with Crippen LogP contribution >= 0.6 is 11.6 Å². The van der Waals surface area contributed by atoms with Crippen molar-refractivity contribution in [2.24, 2.45) is 0 Å². The number of aromatic nitrogens is 1. The molecule has 0 unspecified atom stereocenters. The third-order valence-corrected chi connectivity index (χ3v) is 3.71. The molecule has 3 rings (SSSR count). The van der Waals surface area contributed by atoms with E-state index in [-0.39, 0.29) is 5.78 Å². The third kappa shape index (κ3) is 2.08. The zero-order valence-electron chi connectivity index (χ0n) is 10.9. The highest BCUT2D eigenvalue weighted by molar-refractivity contribution is 6.32. The number of carbonyl (C=O) groups excluding carboxylic acids is 1. The van der Waals surface area contributed by atoms with E-state index in [0.29, 0.717) is 16.3 Å². The van der Waals surface area contributed by atoms with Crippen LogP contribution in [0.2, 0.25) is 5.15 Å². The van der Waals surface area contributed by atoms with E-state index < -0.39 is 0 Å². The highest BCUT2D eigenvalue weighted by Gasteiger charge is 2.18. The minimum absolute atomic E-state index is 0.0244. The van der Waals surface area contributed by atoms with Crippen molar-refractivity contribution in [3.8, 4) is 0 Å². The van der Waals surface area contributed by atoms with Gasteiger partial charge in [-0.2, -0.15) is 0 Å². The predicted octanol–water partition coefficient (Wildman–Crippen LogP) is 4.43. The smallest absolute Gasteiger partial charge is 0.194 e. The van der Waals surface area contributed by atoms with Crippen molar-refractivity contribution in [1.29, 1.82) is 0 Å². The number of nitrogens with zero attached hydrogens (tertiary/aromatic N) is 1. The number of benzene rings is 2. The Labute approximate surface area is 122 Å². The summed E-state index contributed by atoms with van der Waals surface area (Å²) in [6, 6.07) is 16.8. The molecule has 0 spiro atoms. The summed E-state index contributed by atoms with van der Waals surface area (Å²) in [5.74, 6) is -0.0244. The number of fused-ring (bicyclic) bond motifs is 1. The van der Waals surface area contributed by atoms with Crippen LogP contribution in [0.15, 0.2) is 54.6 Å². The van der Waals surface area contributed by atoms with Crippen LogP contribution in [0.5, 0.6) is 0 Å². The number of pyridine rings is 1. The van der Waals surface area contributed by atoms with E-state index >= 15 is 0 Å². The molecule has 0 atom stereocenters. The van der Waals surface area contributed by atoms with Crippen LogP contribution in [-0.2, 0) is 0 Å². The molecule has 0 radical (unpaired) electrons. The van der Waals surface area contributed by atoms with Gasteiger partial charge in [0.1, 0.15) is 5.15 Å². The first-order valence-electron chi connectivity index (χ1n) is 6.33. The Hall–Kier alpha value is -2.19. The lowest BCUT2D eigenvalue weighted by molar-refractivity contribution is 0.103. The fraction of sp³-hybridized carbons (Fsp3) is 0.0588. The summed E-state index contributed by atoms with van der Waals surface area (Å²) in [6.07, 6.45) is 0. The fourth-order valence-electron chi connectivity index (χ4n) is 2.30. The van der Waals surface area contributed by atoms with E-state index in [1.54, 1.807) is 0 Å². The van der Waals surface area contributed by atoms with Crippen LogP contribution in [0, 0.1) is 6.92 Å². The third-order valence-electron chi connectivity index (χ3n) is 3.34. The molecule has 0 amide bonds. The molecule has 0 saturated carbocycles. The van der Waals surface area contributed by atoms with Crippen molar-refractivity contribution in [1.82, 2.24) is 4.98 Å². The van der Waals surface area contributed by atoms with Gasteiger partial charge >= 0.3 is 0 Å². The number of halogens is 1. The van der Waals surface area contributed by atoms with Crippen molar-refractivity contribution in [2.45, 2.75) is 6.92 Å². The molecule has 0 bridgehead atoms. The minimum Gasteiger partial charge on any atom is -0.289 e. The molecule has 2 nitrogen and oxygen atoms in total. The highest BCUT2D eigenvalue weighted by atomic mass is 35.5. The van der Waals surface area contributed by atoms with E-state index in [9.17, 15) is 4.79 Å². The Morgan fingerprint density at radius 3 is 2.40 bits per heavy atom. The van der Waals surface area contributed by atoms with Gasteiger partial charge in [-0.1, -0.05) is 60.1 Å². The van der Waals surface area contributed by atoms with Crippen LogP contribution < -0.4 is 0 Å². The van der Waals surface area contributed by atoms with Gasteiger partial charge in [0.25, 0.3) is 0 Å². The van der Waals surface area contributed by atoms with Crippen LogP contribution in [0.3, 0.4) is 0 Å². The van der Waals surface area contributed by atoms with Gasteiger partial charge in [0.05, 0.1) is 5.52 Å². The molecule has 0 fully saturated rings. The second-order valence-corrected chi connectivity index (χ2v) is 4.97. The molecule has 20 heavy (non-hydrogen) atoms. The Bertz CT molecular complexity index is 797. The molecule has 0 N–H and O–H groups in total. The van der Waals surface area contributed by atoms with E-state index in [1.165, 1.54) is 0 Å². The first kappa shape index (κ1) is 12.8. The lowest BCUT2D eigenvalue weighted by Crippen LogP contribution is -2.06. The van der Waals surface area contributed by atoms with Gasteiger partial charge in [0.2, 0.25) is 0 Å². The maximum atomic E-state index is 12.7. The SMILES string of the molecule is Cc1c(Cl)nc2ccccc2c1C(=O)c1ccccc1. The Balaban J connectivity index is 2.30. The number of carbonyl (C=O) groups is 1. The van der Waals surface area contributed by atoms with E-state index in [1.807, 2.05) is 61.5 Å². The van der Waals surface area contributed by atoms with Crippen LogP contribution in [-0.4, -0.2) is 10.8 Å². The van der Waals surface area contributed by atoms with Crippen molar-refractivity contribution in [2.75, 3.05) is 0 Å². The largest absolute Gasteiger partial charge is 0.289 e. The molecule has 3 heteroatoms. The van der Waals surface area contributed by atoms with Gasteiger partial charge in [-0.3, -0.25) is 4.79 Å². The van der Waals surface area contributed by atoms with Crippen molar-refractivity contribution >= 4 is 28.3 Å². The van der Waals surface area contributed by atoms with Crippen molar-refractivity contribution < 1.29 is 4.79 Å². The van der Waals surface area contributed by atoms with Crippen LogP contribution in [0.4, 0.5) is 0 Å². The molecule has 98 valence electrons. The lowest BCUT2D eigenvalue weighted by atomic mass is 9.96. The van der Waals surface area contributed by atoms with E-state index in [4.69, 9.17) is 11.6 Å². The Morgan fingerprint density at radius 1 is 1.00 bits per heavy atom. The summed E-state index contributed by atoms with van der Waals surface area (Å²) in [7, 11) is 0. The highest BCUT2D eigenvalue weighted by Crippen LogP contribution is 2.27. The summed E-state index contributed by atoms with van der Waals surface area (Å²) in [4.78, 5) is 17.1. The molecular formula is C17H12ClNO. The lowest BCUT2D eigenvalue weighted by Gasteiger charge is -2.10. The van der Waals surface area contributed by atoms with E-state index in [0.717, 1.165) is 16.5 Å².